The number of fused-ring (bicyclic) bond motifs is 1. The van der Waals surface area contributed by atoms with Crippen LogP contribution in [0, 0.1) is 0 Å². The van der Waals surface area contributed by atoms with Gasteiger partial charge in [-0.25, -0.2) is 19.9 Å². The van der Waals surface area contributed by atoms with Crippen LogP contribution in [-0.2, 0) is 0 Å². The van der Waals surface area contributed by atoms with Crippen LogP contribution in [0.2, 0.25) is 0 Å². The van der Waals surface area contributed by atoms with E-state index in [2.05, 4.69) is 19.9 Å². The van der Waals surface area contributed by atoms with Gasteiger partial charge in [0.15, 0.2) is 0 Å². The topological polar surface area (TPSA) is 104 Å². The van der Waals surface area contributed by atoms with E-state index in [9.17, 15) is 0 Å². The first-order valence-electron chi connectivity index (χ1n) is 5.32. The maximum absolute atomic E-state index is 5.82. The smallest absolute Gasteiger partial charge is 0.219 e. The fraction of sp³-hybridized carbons (Fsp3) is 0. The molecule has 0 aliphatic carbocycles. The van der Waals surface area contributed by atoms with Gasteiger partial charge in [0.25, 0.3) is 0 Å². The molecular weight excluding hydrogens is 228 g/mol. The van der Waals surface area contributed by atoms with Crippen molar-refractivity contribution >= 4 is 22.7 Å². The normalized spacial score (nSPS) is 10.7. The van der Waals surface area contributed by atoms with Gasteiger partial charge in [0.2, 0.25) is 5.95 Å². The van der Waals surface area contributed by atoms with Crippen LogP contribution in [0.25, 0.3) is 22.0 Å². The lowest BCUT2D eigenvalue weighted by Gasteiger charge is -2.04. The molecule has 0 aliphatic rings. The molecule has 2 heterocycles. The predicted octanol–water partition coefficient (Wildman–Crippen LogP) is 1.25. The highest BCUT2D eigenvalue weighted by molar-refractivity contribution is 5.91. The molecule has 4 N–H and O–H groups in total. The second-order valence-corrected chi connectivity index (χ2v) is 3.82. The third-order valence-electron chi connectivity index (χ3n) is 2.67. The number of hydrogen-bond acceptors (Lipinski definition) is 6. The summed E-state index contributed by atoms with van der Waals surface area (Å²) in [5.41, 5.74) is 13.9. The summed E-state index contributed by atoms with van der Waals surface area (Å²) in [5.74, 6) is 0.709. The summed E-state index contributed by atoms with van der Waals surface area (Å²) in [7, 11) is 0. The highest BCUT2D eigenvalue weighted by atomic mass is 15.0. The predicted molar refractivity (Wildman–Crippen MR) is 69.4 cm³/mol. The van der Waals surface area contributed by atoms with Crippen LogP contribution in [0.3, 0.4) is 0 Å². The summed E-state index contributed by atoms with van der Waals surface area (Å²) in [5, 5.41) is 0.812. The molecule has 0 aliphatic heterocycles. The number of anilines is 2. The van der Waals surface area contributed by atoms with Crippen molar-refractivity contribution in [2.45, 2.75) is 0 Å². The number of benzene rings is 1. The van der Waals surface area contributed by atoms with Crippen molar-refractivity contribution in [3.8, 4) is 11.1 Å². The van der Waals surface area contributed by atoms with E-state index in [1.54, 1.807) is 12.4 Å². The lowest BCUT2D eigenvalue weighted by Crippen LogP contribution is -1.95. The Hall–Kier alpha value is -2.76. The van der Waals surface area contributed by atoms with Crippen LogP contribution in [0.4, 0.5) is 11.8 Å². The first-order chi connectivity index (χ1) is 8.74. The highest BCUT2D eigenvalue weighted by Crippen LogP contribution is 2.24. The Balaban J connectivity index is 2.18. The van der Waals surface area contributed by atoms with E-state index in [1.807, 2.05) is 18.2 Å². The van der Waals surface area contributed by atoms with E-state index >= 15 is 0 Å². The molecule has 1 aromatic carbocycles. The number of aromatic nitrogens is 4. The highest BCUT2D eigenvalue weighted by Gasteiger charge is 2.04. The van der Waals surface area contributed by atoms with Crippen molar-refractivity contribution in [3.63, 3.8) is 0 Å². The van der Waals surface area contributed by atoms with Crippen LogP contribution in [0.5, 0.6) is 0 Å². The molecule has 3 rings (SSSR count). The summed E-state index contributed by atoms with van der Waals surface area (Å²) >= 11 is 0. The molecule has 0 unspecified atom stereocenters. The summed E-state index contributed by atoms with van der Waals surface area (Å²) in [4.78, 5) is 16.0. The van der Waals surface area contributed by atoms with E-state index in [4.69, 9.17) is 11.5 Å². The first-order valence-corrected chi connectivity index (χ1v) is 5.32. The maximum Gasteiger partial charge on any atom is 0.219 e. The quantitative estimate of drug-likeness (QED) is 0.661. The fourth-order valence-electron chi connectivity index (χ4n) is 1.74. The van der Waals surface area contributed by atoms with Gasteiger partial charge in [-0.2, -0.15) is 0 Å². The van der Waals surface area contributed by atoms with Gasteiger partial charge < -0.3 is 11.5 Å². The van der Waals surface area contributed by atoms with Crippen LogP contribution in [-0.4, -0.2) is 19.9 Å². The molecule has 0 amide bonds. The zero-order valence-electron chi connectivity index (χ0n) is 9.41. The monoisotopic (exact) mass is 238 g/mol. The second kappa shape index (κ2) is 3.92. The van der Waals surface area contributed by atoms with Crippen molar-refractivity contribution < 1.29 is 0 Å². The number of nitrogen functional groups attached to an aromatic ring is 2. The van der Waals surface area contributed by atoms with E-state index in [1.165, 1.54) is 6.33 Å². The molecule has 18 heavy (non-hydrogen) atoms. The van der Waals surface area contributed by atoms with Gasteiger partial charge in [0.05, 0.1) is 5.52 Å². The SMILES string of the molecule is Nc1ncc(-c2ccc3ncnc(N)c3c2)cn1. The van der Waals surface area contributed by atoms with E-state index in [0.717, 1.165) is 22.0 Å². The summed E-state index contributed by atoms with van der Waals surface area (Å²) in [6.07, 6.45) is 4.79. The average molecular weight is 238 g/mol. The van der Waals surface area contributed by atoms with E-state index in [0.29, 0.717) is 5.82 Å². The lowest BCUT2D eigenvalue weighted by atomic mass is 10.1. The largest absolute Gasteiger partial charge is 0.383 e. The van der Waals surface area contributed by atoms with Gasteiger partial charge in [-0.05, 0) is 17.7 Å². The Kier molecular flexibility index (Phi) is 2.26. The van der Waals surface area contributed by atoms with Gasteiger partial charge in [-0.15, -0.1) is 0 Å². The molecule has 0 atom stereocenters. The molecule has 88 valence electrons. The van der Waals surface area contributed by atoms with Crippen LogP contribution < -0.4 is 11.5 Å². The molecular formula is C12H10N6. The number of nitrogens with two attached hydrogens (primary N) is 2. The van der Waals surface area contributed by atoms with Crippen molar-refractivity contribution in [3.05, 3.63) is 36.9 Å². The Morgan fingerprint density at radius 2 is 1.61 bits per heavy atom. The minimum atomic E-state index is 0.252. The van der Waals surface area contributed by atoms with Crippen LogP contribution in [0.1, 0.15) is 0 Å². The van der Waals surface area contributed by atoms with Crippen molar-refractivity contribution in [2.24, 2.45) is 0 Å². The standard InChI is InChI=1S/C12H10N6/c13-11-9-3-7(1-2-10(9)17-6-18-11)8-4-15-12(14)16-5-8/h1-6H,(H2,13,17,18)(H2,14,15,16). The number of hydrogen-bond donors (Lipinski definition) is 2. The van der Waals surface area contributed by atoms with Gasteiger partial charge in [0.1, 0.15) is 12.1 Å². The fourth-order valence-corrected chi connectivity index (χ4v) is 1.74. The van der Waals surface area contributed by atoms with Crippen molar-refractivity contribution in [1.29, 1.82) is 0 Å². The number of nitrogens with zero attached hydrogens (tertiary/aromatic N) is 4. The number of rotatable bonds is 1. The van der Waals surface area contributed by atoms with Crippen molar-refractivity contribution in [2.75, 3.05) is 11.5 Å². The summed E-state index contributed by atoms with van der Waals surface area (Å²) in [6.45, 7) is 0. The van der Waals surface area contributed by atoms with Gasteiger partial charge >= 0.3 is 0 Å². The minimum Gasteiger partial charge on any atom is -0.383 e. The third-order valence-corrected chi connectivity index (χ3v) is 2.67. The molecule has 0 saturated carbocycles. The Morgan fingerprint density at radius 1 is 0.833 bits per heavy atom. The molecule has 0 saturated heterocycles. The zero-order valence-corrected chi connectivity index (χ0v) is 9.41. The third kappa shape index (κ3) is 1.69. The summed E-state index contributed by atoms with van der Waals surface area (Å²) < 4.78 is 0. The lowest BCUT2D eigenvalue weighted by molar-refractivity contribution is 1.19. The maximum atomic E-state index is 5.82. The second-order valence-electron chi connectivity index (χ2n) is 3.82. The van der Waals surface area contributed by atoms with E-state index < -0.39 is 0 Å². The average Bonchev–Trinajstić information content (AvgIpc) is 2.40. The Bertz CT molecular complexity index is 707. The van der Waals surface area contributed by atoms with E-state index in [-0.39, 0.29) is 5.95 Å². The summed E-state index contributed by atoms with van der Waals surface area (Å²) in [6, 6.07) is 5.74. The first kappa shape index (κ1) is 10.4. The van der Waals surface area contributed by atoms with Gasteiger partial charge in [0, 0.05) is 23.3 Å². The molecule has 6 heteroatoms. The molecule has 0 fully saturated rings. The molecule has 2 aromatic heterocycles. The Labute approximate surface area is 103 Å². The van der Waals surface area contributed by atoms with Gasteiger partial charge in [-0.3, -0.25) is 0 Å². The minimum absolute atomic E-state index is 0.252. The Morgan fingerprint density at radius 3 is 2.39 bits per heavy atom. The zero-order chi connectivity index (χ0) is 12.5. The van der Waals surface area contributed by atoms with Gasteiger partial charge in [-0.1, -0.05) is 6.07 Å². The molecule has 3 aromatic rings. The van der Waals surface area contributed by atoms with Crippen molar-refractivity contribution in [1.82, 2.24) is 19.9 Å². The molecule has 0 radical (unpaired) electrons. The van der Waals surface area contributed by atoms with Crippen LogP contribution >= 0.6 is 0 Å². The molecule has 0 bridgehead atoms. The molecule has 0 spiro atoms. The van der Waals surface area contributed by atoms with Crippen LogP contribution in [0.15, 0.2) is 36.9 Å². The molecule has 6 nitrogen and oxygen atoms in total.